The van der Waals surface area contributed by atoms with E-state index in [4.69, 9.17) is 27.9 Å². The zero-order chi connectivity index (χ0) is 25.0. The number of piperazine rings is 1. The fraction of sp³-hybridized carbons (Fsp3) is 0.333. The first kappa shape index (κ1) is 25.3. The van der Waals surface area contributed by atoms with Crippen LogP contribution in [-0.2, 0) is 6.18 Å². The molecule has 2 aromatic carbocycles. The van der Waals surface area contributed by atoms with Gasteiger partial charge in [-0.3, -0.25) is 9.69 Å². The quantitative estimate of drug-likeness (QED) is 0.398. The lowest BCUT2D eigenvalue weighted by Gasteiger charge is -2.36. The van der Waals surface area contributed by atoms with Gasteiger partial charge in [0.2, 0.25) is 5.88 Å². The summed E-state index contributed by atoms with van der Waals surface area (Å²) in [4.78, 5) is 16.4. The molecule has 0 saturated carbocycles. The standard InChI is InChI=1S/C24H23Cl2F3N4O2/c25-20-6-5-19(16-21(20)26)33-23(34)8-7-22(30-33)35-14-2-9-31-10-12-32(13-11-31)18-4-1-3-17(15-18)24(27,28)29/h1,3-8,15-16H,2,9-14H2. The molecular weight excluding hydrogens is 504 g/mol. The van der Waals surface area contributed by atoms with E-state index in [-0.39, 0.29) is 5.56 Å². The minimum atomic E-state index is -4.35. The van der Waals surface area contributed by atoms with E-state index in [1.807, 2.05) is 4.90 Å². The predicted octanol–water partition coefficient (Wildman–Crippen LogP) is 5.15. The Morgan fingerprint density at radius 2 is 1.69 bits per heavy atom. The number of benzene rings is 2. The van der Waals surface area contributed by atoms with Crippen molar-refractivity contribution in [3.8, 4) is 11.6 Å². The minimum absolute atomic E-state index is 0.310. The maximum atomic E-state index is 13.0. The van der Waals surface area contributed by atoms with E-state index >= 15 is 0 Å². The SMILES string of the molecule is O=c1ccc(OCCCN2CCN(c3cccc(C(F)(F)F)c3)CC2)nn1-c1ccc(Cl)c(Cl)c1. The van der Waals surface area contributed by atoms with Gasteiger partial charge >= 0.3 is 6.18 Å². The highest BCUT2D eigenvalue weighted by Gasteiger charge is 2.31. The van der Waals surface area contributed by atoms with Crippen molar-refractivity contribution in [1.82, 2.24) is 14.7 Å². The van der Waals surface area contributed by atoms with E-state index in [9.17, 15) is 18.0 Å². The number of hydrogen-bond acceptors (Lipinski definition) is 5. The number of aromatic nitrogens is 2. The molecule has 0 atom stereocenters. The van der Waals surface area contributed by atoms with Gasteiger partial charge in [0.15, 0.2) is 0 Å². The third kappa shape index (κ3) is 6.48. The number of hydrogen-bond donors (Lipinski definition) is 0. The molecule has 2 heterocycles. The molecule has 0 bridgehead atoms. The molecule has 6 nitrogen and oxygen atoms in total. The number of halogens is 5. The Bertz CT molecular complexity index is 1230. The van der Waals surface area contributed by atoms with Gasteiger partial charge < -0.3 is 9.64 Å². The van der Waals surface area contributed by atoms with Crippen molar-refractivity contribution < 1.29 is 17.9 Å². The van der Waals surface area contributed by atoms with Gasteiger partial charge in [-0.15, -0.1) is 5.10 Å². The van der Waals surface area contributed by atoms with Gasteiger partial charge in [0.05, 0.1) is 27.9 Å². The molecule has 0 N–H and O–H groups in total. The van der Waals surface area contributed by atoms with Gasteiger partial charge in [0.25, 0.3) is 5.56 Å². The number of alkyl halides is 3. The molecule has 11 heteroatoms. The Kier molecular flexibility index (Phi) is 7.88. The summed E-state index contributed by atoms with van der Waals surface area (Å²) in [6.07, 6.45) is -3.61. The summed E-state index contributed by atoms with van der Waals surface area (Å²) in [5.74, 6) is 0.310. The lowest BCUT2D eigenvalue weighted by molar-refractivity contribution is -0.137. The van der Waals surface area contributed by atoms with Crippen molar-refractivity contribution in [2.24, 2.45) is 0 Å². The summed E-state index contributed by atoms with van der Waals surface area (Å²) >= 11 is 12.0. The number of rotatable bonds is 7. The highest BCUT2D eigenvalue weighted by atomic mass is 35.5. The largest absolute Gasteiger partial charge is 0.477 e. The van der Waals surface area contributed by atoms with Gasteiger partial charge in [-0.05, 0) is 42.8 Å². The normalized spacial score (nSPS) is 14.8. The second kappa shape index (κ2) is 10.9. The van der Waals surface area contributed by atoms with E-state index in [2.05, 4.69) is 10.00 Å². The highest BCUT2D eigenvalue weighted by molar-refractivity contribution is 6.42. The fourth-order valence-corrected chi connectivity index (χ4v) is 4.14. The van der Waals surface area contributed by atoms with Crippen molar-refractivity contribution in [3.05, 3.63) is 80.6 Å². The number of ether oxygens (including phenoxy) is 1. The van der Waals surface area contributed by atoms with Crippen LogP contribution < -0.4 is 15.2 Å². The Morgan fingerprint density at radius 3 is 2.40 bits per heavy atom. The van der Waals surface area contributed by atoms with Crippen LogP contribution in [0.15, 0.2) is 59.4 Å². The monoisotopic (exact) mass is 526 g/mol. The van der Waals surface area contributed by atoms with Crippen LogP contribution in [0.2, 0.25) is 10.0 Å². The van der Waals surface area contributed by atoms with Crippen LogP contribution in [-0.4, -0.2) is 54.0 Å². The first-order valence-electron chi connectivity index (χ1n) is 11.0. The fourth-order valence-electron chi connectivity index (χ4n) is 3.85. The van der Waals surface area contributed by atoms with Gasteiger partial charge in [-0.1, -0.05) is 29.3 Å². The molecule has 35 heavy (non-hydrogen) atoms. The van der Waals surface area contributed by atoms with Crippen LogP contribution in [0.1, 0.15) is 12.0 Å². The van der Waals surface area contributed by atoms with Gasteiger partial charge in [0.1, 0.15) is 0 Å². The van der Waals surface area contributed by atoms with Crippen LogP contribution >= 0.6 is 23.2 Å². The second-order valence-electron chi connectivity index (χ2n) is 8.10. The van der Waals surface area contributed by atoms with E-state index < -0.39 is 11.7 Å². The predicted molar refractivity (Wildman–Crippen MR) is 130 cm³/mol. The summed E-state index contributed by atoms with van der Waals surface area (Å²) in [5, 5.41) is 4.94. The molecule has 4 rings (SSSR count). The molecule has 0 radical (unpaired) electrons. The smallest absolute Gasteiger partial charge is 0.416 e. The molecule has 3 aromatic rings. The molecule has 1 aliphatic rings. The Balaban J connectivity index is 1.25. The van der Waals surface area contributed by atoms with Crippen LogP contribution in [0, 0.1) is 0 Å². The number of anilines is 1. The van der Waals surface area contributed by atoms with Crippen molar-refractivity contribution in [2.75, 3.05) is 44.2 Å². The maximum absolute atomic E-state index is 13.0. The van der Waals surface area contributed by atoms with Crippen LogP contribution in [0.5, 0.6) is 5.88 Å². The molecule has 0 spiro atoms. The van der Waals surface area contributed by atoms with Gasteiger partial charge in [-0.2, -0.15) is 17.9 Å². The van der Waals surface area contributed by atoms with Crippen LogP contribution in [0.3, 0.4) is 0 Å². The van der Waals surface area contributed by atoms with E-state index in [0.29, 0.717) is 47.0 Å². The van der Waals surface area contributed by atoms with E-state index in [1.54, 1.807) is 24.3 Å². The van der Waals surface area contributed by atoms with Crippen molar-refractivity contribution >= 4 is 28.9 Å². The van der Waals surface area contributed by atoms with E-state index in [0.717, 1.165) is 32.1 Å². The van der Waals surface area contributed by atoms with Crippen molar-refractivity contribution in [3.63, 3.8) is 0 Å². The first-order chi connectivity index (χ1) is 16.7. The summed E-state index contributed by atoms with van der Waals surface area (Å²) < 4.78 is 45.9. The first-order valence-corrected chi connectivity index (χ1v) is 11.8. The molecule has 186 valence electrons. The van der Waals surface area contributed by atoms with Crippen molar-refractivity contribution in [1.29, 1.82) is 0 Å². The summed E-state index contributed by atoms with van der Waals surface area (Å²) in [6, 6.07) is 13.1. The molecule has 1 fully saturated rings. The maximum Gasteiger partial charge on any atom is 0.416 e. The third-order valence-electron chi connectivity index (χ3n) is 5.70. The third-order valence-corrected chi connectivity index (χ3v) is 6.44. The molecule has 1 aliphatic heterocycles. The molecule has 0 aliphatic carbocycles. The van der Waals surface area contributed by atoms with Crippen molar-refractivity contribution in [2.45, 2.75) is 12.6 Å². The Hall–Kier alpha value is -2.75. The molecular formula is C24H23Cl2F3N4O2. The zero-order valence-corrected chi connectivity index (χ0v) is 20.2. The molecule has 0 amide bonds. The molecule has 1 saturated heterocycles. The topological polar surface area (TPSA) is 50.6 Å². The van der Waals surface area contributed by atoms with Gasteiger partial charge in [0, 0.05) is 50.5 Å². The second-order valence-corrected chi connectivity index (χ2v) is 8.91. The molecule has 1 aromatic heterocycles. The summed E-state index contributed by atoms with van der Waals surface area (Å²) in [5.41, 5.74) is 0.113. The average Bonchev–Trinajstić information content (AvgIpc) is 2.84. The summed E-state index contributed by atoms with van der Waals surface area (Å²) in [6.45, 7) is 3.98. The minimum Gasteiger partial charge on any atom is -0.477 e. The lowest BCUT2D eigenvalue weighted by Crippen LogP contribution is -2.46. The van der Waals surface area contributed by atoms with Crippen LogP contribution in [0.4, 0.5) is 18.9 Å². The number of nitrogens with zero attached hydrogens (tertiary/aromatic N) is 4. The van der Waals surface area contributed by atoms with Crippen LogP contribution in [0.25, 0.3) is 5.69 Å². The highest BCUT2D eigenvalue weighted by Crippen LogP contribution is 2.32. The Morgan fingerprint density at radius 1 is 0.914 bits per heavy atom. The Labute approximate surface area is 210 Å². The lowest BCUT2D eigenvalue weighted by atomic mass is 10.1. The molecule has 0 unspecified atom stereocenters. The van der Waals surface area contributed by atoms with Gasteiger partial charge in [-0.25, -0.2) is 0 Å². The van der Waals surface area contributed by atoms with E-state index in [1.165, 1.54) is 28.9 Å². The average molecular weight is 527 g/mol. The zero-order valence-electron chi connectivity index (χ0n) is 18.6. The summed E-state index contributed by atoms with van der Waals surface area (Å²) in [7, 11) is 0.